The quantitative estimate of drug-likeness (QED) is 0.775. The second-order valence-corrected chi connectivity index (χ2v) is 5.76. The van der Waals surface area contributed by atoms with Crippen LogP contribution in [0.3, 0.4) is 0 Å². The highest BCUT2D eigenvalue weighted by Gasteiger charge is 2.54. The van der Waals surface area contributed by atoms with Gasteiger partial charge in [-0.25, -0.2) is 0 Å². The fourth-order valence-corrected chi connectivity index (χ4v) is 3.68. The third-order valence-electron chi connectivity index (χ3n) is 4.88. The Balaban J connectivity index is 1.99. The molecule has 3 N–H and O–H groups in total. The first-order chi connectivity index (χ1) is 7.58. The predicted octanol–water partition coefficient (Wildman–Crippen LogP) is 2.39. The van der Waals surface area contributed by atoms with Crippen molar-refractivity contribution in [2.75, 3.05) is 0 Å². The number of hydrogen-bond donors (Lipinski definition) is 2. The minimum atomic E-state index is -0.603. The molecule has 2 saturated carbocycles. The molecule has 2 aliphatic carbocycles. The molecular formula is C13H23NO2. The summed E-state index contributed by atoms with van der Waals surface area (Å²) >= 11 is 0. The van der Waals surface area contributed by atoms with Crippen molar-refractivity contribution in [3.63, 3.8) is 0 Å². The highest BCUT2D eigenvalue weighted by atomic mass is 16.4. The fraction of sp³-hybridized carbons (Fsp3) is 0.923. The van der Waals surface area contributed by atoms with Crippen molar-refractivity contribution in [3.05, 3.63) is 0 Å². The van der Waals surface area contributed by atoms with Crippen molar-refractivity contribution in [2.45, 2.75) is 57.9 Å². The maximum absolute atomic E-state index is 11.4. The topological polar surface area (TPSA) is 63.3 Å². The number of nitrogens with two attached hydrogens (primary N) is 1. The van der Waals surface area contributed by atoms with Crippen molar-refractivity contribution >= 4 is 5.97 Å². The van der Waals surface area contributed by atoms with Crippen LogP contribution in [-0.2, 0) is 4.79 Å². The normalized spacial score (nSPS) is 43.8. The standard InChI is InChI=1S/C13H23NO2/c1-2-9-3-5-10(6-4-9)13(12(15)16)7-11(14)8-13/h9-11H,2-8,14H2,1H3,(H,15,16). The zero-order valence-corrected chi connectivity index (χ0v) is 10.1. The van der Waals surface area contributed by atoms with Crippen LogP contribution in [0.25, 0.3) is 0 Å². The molecular weight excluding hydrogens is 202 g/mol. The Morgan fingerprint density at radius 3 is 2.25 bits per heavy atom. The van der Waals surface area contributed by atoms with Crippen molar-refractivity contribution in [3.8, 4) is 0 Å². The molecule has 0 unspecified atom stereocenters. The van der Waals surface area contributed by atoms with E-state index in [1.54, 1.807) is 0 Å². The molecule has 0 spiro atoms. The molecule has 2 fully saturated rings. The van der Waals surface area contributed by atoms with Gasteiger partial charge in [0, 0.05) is 6.04 Å². The lowest BCUT2D eigenvalue weighted by molar-refractivity contribution is -0.163. The SMILES string of the molecule is CCC1CCC(C2(C(=O)O)CC(N)C2)CC1. The second-order valence-electron chi connectivity index (χ2n) is 5.76. The summed E-state index contributed by atoms with van der Waals surface area (Å²) in [5, 5.41) is 9.42. The van der Waals surface area contributed by atoms with Crippen LogP contribution in [0.5, 0.6) is 0 Å². The summed E-state index contributed by atoms with van der Waals surface area (Å²) in [7, 11) is 0. The molecule has 2 aliphatic rings. The van der Waals surface area contributed by atoms with Crippen LogP contribution in [0, 0.1) is 17.3 Å². The summed E-state index contributed by atoms with van der Waals surface area (Å²) in [4.78, 5) is 11.4. The third kappa shape index (κ3) is 1.86. The van der Waals surface area contributed by atoms with Gasteiger partial charge in [-0.3, -0.25) is 4.79 Å². The number of aliphatic carboxylic acids is 1. The minimum absolute atomic E-state index is 0.125. The fourth-order valence-electron chi connectivity index (χ4n) is 3.68. The van der Waals surface area contributed by atoms with E-state index >= 15 is 0 Å². The lowest BCUT2D eigenvalue weighted by Crippen LogP contribution is -2.55. The van der Waals surface area contributed by atoms with Gasteiger partial charge >= 0.3 is 5.97 Å². The van der Waals surface area contributed by atoms with Crippen molar-refractivity contribution in [2.24, 2.45) is 23.0 Å². The van der Waals surface area contributed by atoms with Gasteiger partial charge in [-0.1, -0.05) is 26.2 Å². The molecule has 0 bridgehead atoms. The molecule has 92 valence electrons. The molecule has 0 amide bonds. The van der Waals surface area contributed by atoms with Crippen LogP contribution < -0.4 is 5.73 Å². The average molecular weight is 225 g/mol. The summed E-state index contributed by atoms with van der Waals surface area (Å²) in [5.74, 6) is 0.609. The number of hydrogen-bond acceptors (Lipinski definition) is 2. The molecule has 16 heavy (non-hydrogen) atoms. The Morgan fingerprint density at radius 1 is 1.31 bits per heavy atom. The van der Waals surface area contributed by atoms with E-state index in [0.717, 1.165) is 18.8 Å². The van der Waals surface area contributed by atoms with Crippen LogP contribution in [0.15, 0.2) is 0 Å². The maximum Gasteiger partial charge on any atom is 0.310 e. The molecule has 0 aromatic heterocycles. The van der Waals surface area contributed by atoms with Gasteiger partial charge < -0.3 is 10.8 Å². The van der Waals surface area contributed by atoms with Crippen LogP contribution in [0.4, 0.5) is 0 Å². The summed E-state index contributed by atoms with van der Waals surface area (Å²) < 4.78 is 0. The molecule has 0 aromatic carbocycles. The number of carboxylic acid groups (broad SMARTS) is 1. The molecule has 0 atom stereocenters. The van der Waals surface area contributed by atoms with E-state index in [4.69, 9.17) is 5.73 Å². The third-order valence-corrected chi connectivity index (χ3v) is 4.88. The van der Waals surface area contributed by atoms with Gasteiger partial charge in [0.2, 0.25) is 0 Å². The lowest BCUT2D eigenvalue weighted by Gasteiger charge is -2.50. The molecule has 0 aromatic rings. The number of rotatable bonds is 3. The van der Waals surface area contributed by atoms with Crippen LogP contribution >= 0.6 is 0 Å². The van der Waals surface area contributed by atoms with Crippen LogP contribution in [0.2, 0.25) is 0 Å². The highest BCUT2D eigenvalue weighted by Crippen LogP contribution is 2.52. The van der Waals surface area contributed by atoms with Crippen LogP contribution in [-0.4, -0.2) is 17.1 Å². The van der Waals surface area contributed by atoms with Gasteiger partial charge in [-0.05, 0) is 37.5 Å². The van der Waals surface area contributed by atoms with Gasteiger partial charge in [0.25, 0.3) is 0 Å². The summed E-state index contributed by atoms with van der Waals surface area (Å²) in [5.41, 5.74) is 5.33. The molecule has 3 heteroatoms. The first-order valence-corrected chi connectivity index (χ1v) is 6.57. The van der Waals surface area contributed by atoms with Crippen molar-refractivity contribution in [1.29, 1.82) is 0 Å². The summed E-state index contributed by atoms with van der Waals surface area (Å²) in [6.07, 6.45) is 7.26. The lowest BCUT2D eigenvalue weighted by atomic mass is 9.55. The Labute approximate surface area is 97.4 Å². The van der Waals surface area contributed by atoms with Crippen molar-refractivity contribution in [1.82, 2.24) is 0 Å². The monoisotopic (exact) mass is 225 g/mol. The van der Waals surface area contributed by atoms with Crippen LogP contribution in [0.1, 0.15) is 51.9 Å². The number of carbonyl (C=O) groups is 1. The molecule has 0 heterocycles. The van der Waals surface area contributed by atoms with E-state index in [1.165, 1.54) is 19.3 Å². The van der Waals surface area contributed by atoms with Crippen molar-refractivity contribution < 1.29 is 9.90 Å². The molecule has 0 aliphatic heterocycles. The van der Waals surface area contributed by atoms with E-state index in [9.17, 15) is 9.90 Å². The van der Waals surface area contributed by atoms with E-state index in [1.807, 2.05) is 0 Å². The smallest absolute Gasteiger partial charge is 0.310 e. The molecule has 0 radical (unpaired) electrons. The Hall–Kier alpha value is -0.570. The summed E-state index contributed by atoms with van der Waals surface area (Å²) in [6.45, 7) is 2.23. The van der Waals surface area contributed by atoms with E-state index in [2.05, 4.69) is 6.92 Å². The zero-order valence-electron chi connectivity index (χ0n) is 10.1. The van der Waals surface area contributed by atoms with Gasteiger partial charge in [-0.2, -0.15) is 0 Å². The maximum atomic E-state index is 11.4. The van der Waals surface area contributed by atoms with Gasteiger partial charge in [-0.15, -0.1) is 0 Å². The first-order valence-electron chi connectivity index (χ1n) is 6.57. The van der Waals surface area contributed by atoms with E-state index in [0.29, 0.717) is 18.8 Å². The Bertz CT molecular complexity index is 263. The first kappa shape index (κ1) is 11.9. The van der Waals surface area contributed by atoms with Gasteiger partial charge in [0.1, 0.15) is 0 Å². The molecule has 3 nitrogen and oxygen atoms in total. The average Bonchev–Trinajstić information content (AvgIpc) is 2.24. The van der Waals surface area contributed by atoms with E-state index < -0.39 is 11.4 Å². The number of carboxylic acids is 1. The van der Waals surface area contributed by atoms with Gasteiger partial charge in [0.15, 0.2) is 0 Å². The predicted molar refractivity (Wildman–Crippen MR) is 63.0 cm³/mol. The Morgan fingerprint density at radius 2 is 1.88 bits per heavy atom. The van der Waals surface area contributed by atoms with E-state index in [-0.39, 0.29) is 6.04 Å². The molecule has 0 saturated heterocycles. The Kier molecular flexibility index (Phi) is 3.24. The van der Waals surface area contributed by atoms with Gasteiger partial charge in [0.05, 0.1) is 5.41 Å². The minimum Gasteiger partial charge on any atom is -0.481 e. The summed E-state index contributed by atoms with van der Waals surface area (Å²) in [6, 6.07) is 0.125. The largest absolute Gasteiger partial charge is 0.481 e. The highest BCUT2D eigenvalue weighted by molar-refractivity contribution is 5.76. The molecule has 2 rings (SSSR count). The second kappa shape index (κ2) is 4.36. The zero-order chi connectivity index (χ0) is 11.8.